The summed E-state index contributed by atoms with van der Waals surface area (Å²) >= 11 is 5.48. The van der Waals surface area contributed by atoms with Gasteiger partial charge in [-0.1, -0.05) is 0 Å². The summed E-state index contributed by atoms with van der Waals surface area (Å²) in [5, 5.41) is 9.36. The number of hydrogen-bond donors (Lipinski definition) is 1. The van der Waals surface area contributed by atoms with Crippen molar-refractivity contribution in [2.45, 2.75) is 12.3 Å². The number of methoxy groups -OCH3 is 1. The smallest absolute Gasteiger partial charge is 0.284 e. The molecule has 0 spiro atoms. The third kappa shape index (κ3) is 1.87. The van der Waals surface area contributed by atoms with E-state index in [9.17, 15) is 13.9 Å². The lowest BCUT2D eigenvalue weighted by Gasteiger charge is -2.10. The predicted molar refractivity (Wildman–Crippen MR) is 47.0 cm³/mol. The van der Waals surface area contributed by atoms with Crippen LogP contribution in [0.4, 0.5) is 8.78 Å². The van der Waals surface area contributed by atoms with Crippen molar-refractivity contribution >= 4 is 11.6 Å². The van der Waals surface area contributed by atoms with Crippen molar-refractivity contribution in [2.75, 3.05) is 7.11 Å². The van der Waals surface area contributed by atoms with Crippen LogP contribution >= 0.6 is 11.6 Å². The van der Waals surface area contributed by atoms with E-state index in [1.165, 1.54) is 7.11 Å². The molecule has 14 heavy (non-hydrogen) atoms. The van der Waals surface area contributed by atoms with E-state index >= 15 is 0 Å². The molecule has 1 heterocycles. The average molecular weight is 224 g/mol. The van der Waals surface area contributed by atoms with E-state index in [1.54, 1.807) is 0 Å². The van der Waals surface area contributed by atoms with Gasteiger partial charge in [0.1, 0.15) is 11.4 Å². The SMILES string of the molecule is COc1cnc(C(F)F)c(O)c1CCl. The second-order valence-electron chi connectivity index (χ2n) is 2.47. The van der Waals surface area contributed by atoms with Gasteiger partial charge in [0.2, 0.25) is 0 Å². The molecule has 0 saturated heterocycles. The summed E-state index contributed by atoms with van der Waals surface area (Å²) in [5.41, 5.74) is -0.555. The lowest BCUT2D eigenvalue weighted by atomic mass is 10.2. The van der Waals surface area contributed by atoms with E-state index in [0.29, 0.717) is 0 Å². The molecule has 0 fully saturated rings. The summed E-state index contributed by atoms with van der Waals surface area (Å²) in [6.45, 7) is 0. The third-order valence-corrected chi connectivity index (χ3v) is 1.97. The van der Waals surface area contributed by atoms with Gasteiger partial charge >= 0.3 is 0 Å². The Labute approximate surface area is 84.3 Å². The standard InChI is InChI=1S/C8H8ClF2NO2/c1-14-5-3-12-6(8(10)11)7(13)4(5)2-9/h3,8,13H,2H2,1H3. The highest BCUT2D eigenvalue weighted by Crippen LogP contribution is 2.35. The second kappa shape index (κ2) is 4.41. The first kappa shape index (κ1) is 11.0. The van der Waals surface area contributed by atoms with Gasteiger partial charge in [0, 0.05) is 0 Å². The fourth-order valence-corrected chi connectivity index (χ4v) is 1.26. The highest BCUT2D eigenvalue weighted by atomic mass is 35.5. The zero-order valence-corrected chi connectivity index (χ0v) is 8.05. The molecule has 1 N–H and O–H groups in total. The van der Waals surface area contributed by atoms with Crippen LogP contribution in [-0.2, 0) is 5.88 Å². The first-order valence-corrected chi connectivity index (χ1v) is 4.24. The van der Waals surface area contributed by atoms with Crippen molar-refractivity contribution in [3.8, 4) is 11.5 Å². The van der Waals surface area contributed by atoms with E-state index in [1.807, 2.05) is 0 Å². The van der Waals surface area contributed by atoms with Crippen LogP contribution in [-0.4, -0.2) is 17.2 Å². The molecule has 6 heteroatoms. The van der Waals surface area contributed by atoms with Crippen molar-refractivity contribution < 1.29 is 18.6 Å². The van der Waals surface area contributed by atoms with Gasteiger partial charge in [0.05, 0.1) is 24.8 Å². The van der Waals surface area contributed by atoms with E-state index < -0.39 is 17.9 Å². The summed E-state index contributed by atoms with van der Waals surface area (Å²) in [7, 11) is 1.34. The van der Waals surface area contributed by atoms with Crippen molar-refractivity contribution in [2.24, 2.45) is 0 Å². The minimum atomic E-state index is -2.83. The number of ether oxygens (including phenoxy) is 1. The van der Waals surface area contributed by atoms with Gasteiger partial charge in [-0.3, -0.25) is 0 Å². The lowest BCUT2D eigenvalue weighted by Crippen LogP contribution is -1.97. The molecule has 78 valence electrons. The Morgan fingerprint density at radius 3 is 2.71 bits per heavy atom. The molecule has 0 aliphatic rings. The van der Waals surface area contributed by atoms with Crippen molar-refractivity contribution in [1.82, 2.24) is 4.98 Å². The van der Waals surface area contributed by atoms with E-state index in [4.69, 9.17) is 16.3 Å². The van der Waals surface area contributed by atoms with Crippen LogP contribution in [0.5, 0.6) is 11.5 Å². The zero-order chi connectivity index (χ0) is 10.7. The molecule has 1 rings (SSSR count). The molecule has 3 nitrogen and oxygen atoms in total. The van der Waals surface area contributed by atoms with Gasteiger partial charge in [-0.15, -0.1) is 11.6 Å². The van der Waals surface area contributed by atoms with Gasteiger partial charge in [-0.05, 0) is 0 Å². The van der Waals surface area contributed by atoms with E-state index in [2.05, 4.69) is 4.98 Å². The second-order valence-corrected chi connectivity index (χ2v) is 2.74. The molecule has 0 radical (unpaired) electrons. The van der Waals surface area contributed by atoms with Crippen LogP contribution in [0.2, 0.25) is 0 Å². The maximum Gasteiger partial charge on any atom is 0.284 e. The predicted octanol–water partition coefficient (Wildman–Crippen LogP) is 2.47. The summed E-state index contributed by atoms with van der Waals surface area (Å²) in [6, 6.07) is 0. The van der Waals surface area contributed by atoms with Crippen molar-refractivity contribution in [1.29, 1.82) is 0 Å². The molecule has 0 amide bonds. The minimum absolute atomic E-state index is 0.114. The van der Waals surface area contributed by atoms with Crippen molar-refractivity contribution in [3.05, 3.63) is 17.5 Å². The van der Waals surface area contributed by atoms with Crippen LogP contribution < -0.4 is 4.74 Å². The highest BCUT2D eigenvalue weighted by molar-refractivity contribution is 6.17. The highest BCUT2D eigenvalue weighted by Gasteiger charge is 2.20. The number of hydrogen-bond acceptors (Lipinski definition) is 3. The normalized spacial score (nSPS) is 10.6. The lowest BCUT2D eigenvalue weighted by molar-refractivity contribution is 0.141. The Bertz CT molecular complexity index is 333. The molecule has 1 aromatic heterocycles. The van der Waals surface area contributed by atoms with Crippen LogP contribution in [0.1, 0.15) is 17.7 Å². The molecular weight excluding hydrogens is 216 g/mol. The van der Waals surface area contributed by atoms with Crippen LogP contribution in [0.15, 0.2) is 6.20 Å². The quantitative estimate of drug-likeness (QED) is 0.801. The fourth-order valence-electron chi connectivity index (χ4n) is 1.00. The summed E-state index contributed by atoms with van der Waals surface area (Å²) in [6.07, 6.45) is -1.72. The van der Waals surface area contributed by atoms with Crippen LogP contribution in [0.3, 0.4) is 0 Å². The maximum atomic E-state index is 12.3. The molecule has 0 aliphatic heterocycles. The minimum Gasteiger partial charge on any atom is -0.505 e. The summed E-state index contributed by atoms with van der Waals surface area (Å²) in [5.74, 6) is -0.520. The van der Waals surface area contributed by atoms with Crippen LogP contribution in [0.25, 0.3) is 0 Å². The van der Waals surface area contributed by atoms with Gasteiger partial charge in [-0.25, -0.2) is 13.8 Å². The first-order chi connectivity index (χ1) is 6.61. The molecule has 0 aliphatic carbocycles. The molecule has 0 unspecified atom stereocenters. The summed E-state index contributed by atoms with van der Waals surface area (Å²) < 4.78 is 29.3. The number of rotatable bonds is 3. The van der Waals surface area contributed by atoms with E-state index in [-0.39, 0.29) is 17.2 Å². The topological polar surface area (TPSA) is 42.4 Å². The Kier molecular flexibility index (Phi) is 3.46. The number of nitrogens with zero attached hydrogens (tertiary/aromatic N) is 1. The third-order valence-electron chi connectivity index (χ3n) is 1.71. The fraction of sp³-hybridized carbons (Fsp3) is 0.375. The molecule has 1 aromatic rings. The number of pyridine rings is 1. The van der Waals surface area contributed by atoms with Gasteiger partial charge < -0.3 is 9.84 Å². The zero-order valence-electron chi connectivity index (χ0n) is 7.30. The van der Waals surface area contributed by atoms with Gasteiger partial charge in [-0.2, -0.15) is 0 Å². The van der Waals surface area contributed by atoms with Crippen LogP contribution in [0, 0.1) is 0 Å². The number of alkyl halides is 3. The number of aromatic hydroxyl groups is 1. The Hall–Kier alpha value is -1.10. The largest absolute Gasteiger partial charge is 0.505 e. The molecule has 0 saturated carbocycles. The number of halogens is 3. The van der Waals surface area contributed by atoms with E-state index in [0.717, 1.165) is 6.20 Å². The first-order valence-electron chi connectivity index (χ1n) is 3.70. The number of aromatic nitrogens is 1. The maximum absolute atomic E-state index is 12.3. The van der Waals surface area contributed by atoms with Gasteiger partial charge in [0.25, 0.3) is 6.43 Å². The monoisotopic (exact) mass is 223 g/mol. The Morgan fingerprint density at radius 2 is 2.29 bits per heavy atom. The molecule has 0 bridgehead atoms. The average Bonchev–Trinajstić information content (AvgIpc) is 2.16. The van der Waals surface area contributed by atoms with Gasteiger partial charge in [0.15, 0.2) is 5.75 Å². The Morgan fingerprint density at radius 1 is 1.64 bits per heavy atom. The molecule has 0 atom stereocenters. The summed E-state index contributed by atoms with van der Waals surface area (Å²) in [4.78, 5) is 3.37. The molecule has 0 aromatic carbocycles. The van der Waals surface area contributed by atoms with Crippen molar-refractivity contribution in [3.63, 3.8) is 0 Å². The molecular formula is C8H8ClF2NO2. The Balaban J connectivity index is 3.27.